The number of hydrogen-bond donors (Lipinski definition) is 1. The van der Waals surface area contributed by atoms with Crippen molar-refractivity contribution in [3.63, 3.8) is 0 Å². The maximum atomic E-state index is 13.2. The van der Waals surface area contributed by atoms with Crippen LogP contribution in [-0.2, 0) is 44.0 Å². The van der Waals surface area contributed by atoms with Crippen LogP contribution in [0.15, 0.2) is 12.7 Å². The first-order valence-electron chi connectivity index (χ1n) is 11.3. The van der Waals surface area contributed by atoms with Gasteiger partial charge in [-0.25, -0.2) is 15.0 Å². The van der Waals surface area contributed by atoms with Crippen LogP contribution >= 0.6 is 7.60 Å². The Kier molecular flexibility index (Phi) is 11.0. The molecule has 0 radical (unpaired) electrons. The number of nitrogen functional groups attached to an aromatic ring is 1. The lowest BCUT2D eigenvalue weighted by Crippen LogP contribution is -2.21. The van der Waals surface area contributed by atoms with E-state index in [1.807, 2.05) is 13.8 Å². The second-order valence-electron chi connectivity index (χ2n) is 8.08. The van der Waals surface area contributed by atoms with Gasteiger partial charge in [-0.1, -0.05) is 27.7 Å². The number of carbonyl (C=O) groups excluding carboxylic acids is 2. The first-order valence-corrected chi connectivity index (χ1v) is 13.1. The van der Waals surface area contributed by atoms with E-state index < -0.39 is 45.6 Å². The topological polar surface area (TPSA) is 167 Å². The quantitative estimate of drug-likeness (QED) is 0.209. The molecule has 0 aliphatic heterocycles. The number of anilines is 1. The maximum absolute atomic E-state index is 13.2. The molecule has 2 heterocycles. The fourth-order valence-electron chi connectivity index (χ4n) is 2.64. The summed E-state index contributed by atoms with van der Waals surface area (Å²) >= 11 is 0. The third-order valence-corrected chi connectivity index (χ3v) is 6.79. The fourth-order valence-corrected chi connectivity index (χ4v) is 3.73. The van der Waals surface area contributed by atoms with Crippen molar-refractivity contribution in [2.45, 2.75) is 60.1 Å². The molecule has 2 unspecified atom stereocenters. The molecule has 3 atom stereocenters. The zero-order valence-electron chi connectivity index (χ0n) is 20.7. The van der Waals surface area contributed by atoms with Gasteiger partial charge < -0.3 is 24.5 Å². The molecule has 2 aromatic rings. The Morgan fingerprint density at radius 1 is 1.00 bits per heavy atom. The lowest BCUT2D eigenvalue weighted by Gasteiger charge is -2.21. The summed E-state index contributed by atoms with van der Waals surface area (Å²) in [6, 6.07) is 0. The van der Waals surface area contributed by atoms with Gasteiger partial charge in [0.05, 0.1) is 30.8 Å². The molecule has 2 rings (SSSR count). The Hall–Kier alpha value is -2.60. The number of ether oxygens (including phenoxy) is 3. The molecule has 2 N–H and O–H groups in total. The Bertz CT molecular complexity index is 1000. The maximum Gasteiger partial charge on any atom is 0.361 e. The minimum atomic E-state index is -3.96. The number of aromatic nitrogens is 4. The van der Waals surface area contributed by atoms with Crippen molar-refractivity contribution in [3.8, 4) is 0 Å². The van der Waals surface area contributed by atoms with E-state index in [4.69, 9.17) is 29.0 Å². The van der Waals surface area contributed by atoms with Crippen molar-refractivity contribution in [3.05, 3.63) is 12.7 Å². The van der Waals surface area contributed by atoms with Gasteiger partial charge in [-0.2, -0.15) is 0 Å². The number of nitrogens with zero attached hydrogens (tertiary/aromatic N) is 4. The van der Waals surface area contributed by atoms with Crippen molar-refractivity contribution >= 4 is 36.5 Å². The summed E-state index contributed by atoms with van der Waals surface area (Å²) in [6.07, 6.45) is 3.09. The number of rotatable bonds is 15. The van der Waals surface area contributed by atoms with Gasteiger partial charge in [-0.05, 0) is 19.8 Å². The van der Waals surface area contributed by atoms with E-state index in [1.54, 1.807) is 31.7 Å². The number of carbonyl (C=O) groups is 2. The number of esters is 2. The Balaban J connectivity index is 1.98. The first-order chi connectivity index (χ1) is 16.6. The molecule has 0 bridgehead atoms. The highest BCUT2D eigenvalue weighted by Crippen LogP contribution is 2.48. The third-order valence-electron chi connectivity index (χ3n) is 5.33. The predicted octanol–water partition coefficient (Wildman–Crippen LogP) is 3.09. The minimum Gasteiger partial charge on any atom is -0.438 e. The van der Waals surface area contributed by atoms with E-state index in [0.29, 0.717) is 30.6 Å². The van der Waals surface area contributed by atoms with E-state index >= 15 is 0 Å². The molecule has 0 saturated carbocycles. The van der Waals surface area contributed by atoms with Gasteiger partial charge in [0.2, 0.25) is 13.6 Å². The van der Waals surface area contributed by atoms with E-state index in [9.17, 15) is 14.2 Å². The molecule has 2 aromatic heterocycles. The zero-order valence-corrected chi connectivity index (χ0v) is 21.6. The van der Waals surface area contributed by atoms with Crippen molar-refractivity contribution in [1.82, 2.24) is 19.5 Å². The number of imidazole rings is 1. The van der Waals surface area contributed by atoms with Crippen molar-refractivity contribution in [2.75, 3.05) is 25.7 Å². The van der Waals surface area contributed by atoms with E-state index in [1.165, 1.54) is 6.33 Å². The lowest BCUT2D eigenvalue weighted by atomic mass is 10.1. The number of fused-ring (bicyclic) bond motifs is 1. The molecule has 0 aliphatic carbocycles. The monoisotopic (exact) mass is 515 g/mol. The second-order valence-corrected chi connectivity index (χ2v) is 10.1. The highest BCUT2D eigenvalue weighted by molar-refractivity contribution is 7.53. The van der Waals surface area contributed by atoms with Crippen LogP contribution in [0.2, 0.25) is 0 Å². The summed E-state index contributed by atoms with van der Waals surface area (Å²) in [5, 5.41) is 0. The van der Waals surface area contributed by atoms with Gasteiger partial charge in [0.1, 0.15) is 18.2 Å². The smallest absolute Gasteiger partial charge is 0.361 e. The largest absolute Gasteiger partial charge is 0.438 e. The Morgan fingerprint density at radius 3 is 2.11 bits per heavy atom. The SMILES string of the molecule is CCC(C)C(=O)OCOP(=O)(CO[C@H](C)Cn1cnc2c(N)ncnc21)OCOC(=O)C(C)CC. The molecule has 0 aliphatic rings. The Morgan fingerprint density at radius 2 is 1.57 bits per heavy atom. The van der Waals surface area contributed by atoms with Crippen LogP contribution < -0.4 is 5.73 Å². The van der Waals surface area contributed by atoms with E-state index in [0.717, 1.165) is 0 Å². The third kappa shape index (κ3) is 8.53. The molecule has 13 nitrogen and oxygen atoms in total. The summed E-state index contributed by atoms with van der Waals surface area (Å²) < 4.78 is 41.1. The first kappa shape index (κ1) is 28.6. The molecule has 0 spiro atoms. The van der Waals surface area contributed by atoms with Crippen LogP contribution in [0.1, 0.15) is 47.5 Å². The zero-order chi connectivity index (χ0) is 26.0. The van der Waals surface area contributed by atoms with Gasteiger partial charge in [0, 0.05) is 0 Å². The highest BCUT2D eigenvalue weighted by Gasteiger charge is 2.29. The molecule has 35 heavy (non-hydrogen) atoms. The van der Waals surface area contributed by atoms with Crippen LogP contribution in [0, 0.1) is 11.8 Å². The molecule has 0 amide bonds. The van der Waals surface area contributed by atoms with E-state index in [2.05, 4.69) is 15.0 Å². The van der Waals surface area contributed by atoms with Crippen LogP contribution in [0.5, 0.6) is 0 Å². The minimum absolute atomic E-state index is 0.257. The second kappa shape index (κ2) is 13.5. The standard InChI is InChI=1S/C21H34N5O8P/c1-6-14(3)20(27)30-11-33-35(29,34-12-31-21(28)15(4)7-2)13-32-16(5)8-26-10-25-17-18(22)23-9-24-19(17)26/h9-10,14-16H,6-8,11-13H2,1-5H3,(H2,22,23,24)/t14?,15?,16-,35?/m1/s1. The van der Waals surface area contributed by atoms with Crippen LogP contribution in [0.4, 0.5) is 5.82 Å². The van der Waals surface area contributed by atoms with Crippen LogP contribution in [0.25, 0.3) is 11.2 Å². The van der Waals surface area contributed by atoms with Crippen molar-refractivity contribution in [1.29, 1.82) is 0 Å². The summed E-state index contributed by atoms with van der Waals surface area (Å²) in [7, 11) is -3.96. The molecule has 14 heteroatoms. The van der Waals surface area contributed by atoms with Crippen LogP contribution in [-0.4, -0.2) is 57.5 Å². The van der Waals surface area contributed by atoms with Gasteiger partial charge in [-0.15, -0.1) is 0 Å². The van der Waals surface area contributed by atoms with Crippen LogP contribution in [0.3, 0.4) is 0 Å². The summed E-state index contributed by atoms with van der Waals surface area (Å²) in [5.41, 5.74) is 6.79. The van der Waals surface area contributed by atoms with Gasteiger partial charge in [-0.3, -0.25) is 23.2 Å². The predicted molar refractivity (Wildman–Crippen MR) is 126 cm³/mol. The average molecular weight is 516 g/mol. The van der Waals surface area contributed by atoms with Crippen molar-refractivity contribution < 1.29 is 37.4 Å². The number of hydrogen-bond acceptors (Lipinski definition) is 12. The van der Waals surface area contributed by atoms with E-state index in [-0.39, 0.29) is 17.7 Å². The van der Waals surface area contributed by atoms with Gasteiger partial charge >= 0.3 is 19.5 Å². The molecular formula is C21H34N5O8P. The summed E-state index contributed by atoms with van der Waals surface area (Å²) in [6.45, 7) is 7.94. The molecule has 196 valence electrons. The summed E-state index contributed by atoms with van der Waals surface area (Å²) in [4.78, 5) is 36.0. The van der Waals surface area contributed by atoms with Gasteiger partial charge in [0.25, 0.3) is 0 Å². The summed E-state index contributed by atoms with van der Waals surface area (Å²) in [5.74, 6) is -1.41. The average Bonchev–Trinajstić information content (AvgIpc) is 3.25. The lowest BCUT2D eigenvalue weighted by molar-refractivity contribution is -0.157. The fraction of sp³-hybridized carbons (Fsp3) is 0.667. The molecule has 0 fully saturated rings. The highest BCUT2D eigenvalue weighted by atomic mass is 31.2. The van der Waals surface area contributed by atoms with Crippen molar-refractivity contribution in [2.24, 2.45) is 11.8 Å². The normalized spacial score (nSPS) is 15.8. The van der Waals surface area contributed by atoms with Gasteiger partial charge in [0.15, 0.2) is 11.5 Å². The molecular weight excluding hydrogens is 481 g/mol. The molecule has 0 aromatic carbocycles. The number of nitrogens with two attached hydrogens (primary N) is 1. The Labute approximate surface area is 204 Å². The molecule has 0 saturated heterocycles.